The van der Waals surface area contributed by atoms with E-state index in [1.165, 1.54) is 6.20 Å². The number of carbonyl (C=O) groups is 1. The molecule has 28 heavy (non-hydrogen) atoms. The van der Waals surface area contributed by atoms with E-state index in [0.29, 0.717) is 28.4 Å². The Morgan fingerprint density at radius 1 is 1.11 bits per heavy atom. The van der Waals surface area contributed by atoms with Crippen molar-refractivity contribution < 1.29 is 9.90 Å². The van der Waals surface area contributed by atoms with E-state index in [2.05, 4.69) is 4.98 Å². The Morgan fingerprint density at radius 2 is 1.79 bits per heavy atom. The van der Waals surface area contributed by atoms with Crippen LogP contribution in [0.4, 0.5) is 0 Å². The average molecular weight is 438 g/mol. The number of carboxylic acids is 1. The summed E-state index contributed by atoms with van der Waals surface area (Å²) in [6.07, 6.45) is 1.45. The van der Waals surface area contributed by atoms with E-state index < -0.39 is 11.4 Å². The predicted octanol–water partition coefficient (Wildman–Crippen LogP) is 5.56. The summed E-state index contributed by atoms with van der Waals surface area (Å²) in [5, 5.41) is 10.7. The molecule has 0 aliphatic rings. The molecule has 0 unspecified atom stereocenters. The fraction of sp³-hybridized carbons (Fsp3) is 0.150. The number of hydrogen-bond acceptors (Lipinski definition) is 3. The molecule has 0 aliphatic carbocycles. The van der Waals surface area contributed by atoms with E-state index in [1.54, 1.807) is 41.8 Å². The molecule has 0 spiro atoms. The molecule has 144 valence electrons. The van der Waals surface area contributed by atoms with Gasteiger partial charge in [0, 0.05) is 29.6 Å². The Balaban J connectivity index is 2.44. The van der Waals surface area contributed by atoms with Gasteiger partial charge in [0.05, 0.1) is 21.3 Å². The second-order valence-corrected chi connectivity index (χ2v) is 7.26. The van der Waals surface area contributed by atoms with Crippen LogP contribution in [-0.2, 0) is 6.54 Å². The van der Waals surface area contributed by atoms with Crippen LogP contribution >= 0.6 is 34.8 Å². The lowest BCUT2D eigenvalue weighted by Gasteiger charge is -2.21. The average Bonchev–Trinajstić information content (AvgIpc) is 2.64. The molecule has 1 aromatic carbocycles. The first-order valence-corrected chi connectivity index (χ1v) is 9.47. The van der Waals surface area contributed by atoms with Gasteiger partial charge in [-0.1, -0.05) is 40.9 Å². The van der Waals surface area contributed by atoms with Crippen LogP contribution in [0.5, 0.6) is 0 Å². The molecule has 5 nitrogen and oxygen atoms in total. The minimum Gasteiger partial charge on any atom is -0.477 e. The van der Waals surface area contributed by atoms with Gasteiger partial charge < -0.3 is 9.67 Å². The van der Waals surface area contributed by atoms with Gasteiger partial charge in [-0.15, -0.1) is 0 Å². The second-order valence-electron chi connectivity index (χ2n) is 6.06. The Hall–Kier alpha value is -2.34. The summed E-state index contributed by atoms with van der Waals surface area (Å²) in [4.78, 5) is 29.3. The second kappa shape index (κ2) is 7.95. The molecule has 0 amide bonds. The minimum atomic E-state index is -1.32. The number of carboxylic acid groups (broad SMARTS) is 1. The normalized spacial score (nSPS) is 10.9. The summed E-state index contributed by atoms with van der Waals surface area (Å²) in [7, 11) is 0. The highest BCUT2D eigenvalue weighted by atomic mass is 35.5. The van der Waals surface area contributed by atoms with Gasteiger partial charge in [0.2, 0.25) is 5.43 Å². The van der Waals surface area contributed by atoms with Crippen molar-refractivity contribution in [1.82, 2.24) is 9.55 Å². The third-order valence-corrected chi connectivity index (χ3v) is 5.43. The van der Waals surface area contributed by atoms with Crippen molar-refractivity contribution in [3.63, 3.8) is 0 Å². The van der Waals surface area contributed by atoms with Crippen molar-refractivity contribution in [3.8, 4) is 22.4 Å². The highest BCUT2D eigenvalue weighted by molar-refractivity contribution is 6.42. The van der Waals surface area contributed by atoms with E-state index in [-0.39, 0.29) is 27.0 Å². The number of halogens is 3. The summed E-state index contributed by atoms with van der Waals surface area (Å²) in [5.74, 6) is -1.32. The molecule has 0 bridgehead atoms. The number of aromatic nitrogens is 2. The van der Waals surface area contributed by atoms with Crippen molar-refractivity contribution >= 4 is 40.8 Å². The maximum atomic E-state index is 13.2. The lowest BCUT2D eigenvalue weighted by Crippen LogP contribution is -2.25. The molecule has 3 aromatic rings. The zero-order valence-corrected chi connectivity index (χ0v) is 17.2. The smallest absolute Gasteiger partial charge is 0.341 e. The molecule has 0 saturated carbocycles. The third-order valence-electron chi connectivity index (χ3n) is 4.47. The number of nitrogens with zero attached hydrogens (tertiary/aromatic N) is 2. The van der Waals surface area contributed by atoms with Crippen LogP contribution in [0.15, 0.2) is 41.3 Å². The summed E-state index contributed by atoms with van der Waals surface area (Å²) in [5.41, 5.74) is 1.22. The van der Waals surface area contributed by atoms with Gasteiger partial charge in [-0.05, 0) is 38.1 Å². The Kier molecular flexibility index (Phi) is 5.79. The standard InChI is InChI=1S/C20H15Cl3N2O3/c1-3-25-10(2)16(12-5-7-15(23)24-9-12)19(26)17(20(27)28)18(25)11-4-6-13(21)14(22)8-11/h4-9H,3H2,1-2H3,(H,27,28). The molecule has 3 rings (SSSR count). The van der Waals surface area contributed by atoms with Crippen LogP contribution in [0, 0.1) is 6.92 Å². The zero-order chi connectivity index (χ0) is 20.6. The molecule has 1 N–H and O–H groups in total. The molecule has 0 saturated heterocycles. The van der Waals surface area contributed by atoms with Crippen LogP contribution < -0.4 is 5.43 Å². The van der Waals surface area contributed by atoms with E-state index in [9.17, 15) is 14.7 Å². The van der Waals surface area contributed by atoms with Crippen LogP contribution in [0.2, 0.25) is 15.2 Å². The predicted molar refractivity (Wildman–Crippen MR) is 112 cm³/mol. The lowest BCUT2D eigenvalue weighted by molar-refractivity contribution is 0.0695. The Labute approximate surface area is 176 Å². The van der Waals surface area contributed by atoms with E-state index in [4.69, 9.17) is 34.8 Å². The topological polar surface area (TPSA) is 72.2 Å². The minimum absolute atomic E-state index is 0.271. The summed E-state index contributed by atoms with van der Waals surface area (Å²) in [6.45, 7) is 4.07. The number of hydrogen-bond donors (Lipinski definition) is 1. The molecule has 0 atom stereocenters. The van der Waals surface area contributed by atoms with Gasteiger partial charge in [-0.2, -0.15) is 0 Å². The lowest BCUT2D eigenvalue weighted by atomic mass is 9.97. The van der Waals surface area contributed by atoms with Gasteiger partial charge >= 0.3 is 5.97 Å². The first kappa shape index (κ1) is 20.4. The fourth-order valence-electron chi connectivity index (χ4n) is 3.24. The van der Waals surface area contributed by atoms with Crippen molar-refractivity contribution in [1.29, 1.82) is 0 Å². The molecular formula is C20H15Cl3N2O3. The van der Waals surface area contributed by atoms with Crippen LogP contribution in [0.1, 0.15) is 23.0 Å². The molecule has 2 aromatic heterocycles. The number of aromatic carboxylic acids is 1. The largest absolute Gasteiger partial charge is 0.477 e. The molecule has 0 radical (unpaired) electrons. The monoisotopic (exact) mass is 436 g/mol. The first-order chi connectivity index (χ1) is 13.3. The molecule has 2 heterocycles. The Morgan fingerprint density at radius 3 is 2.32 bits per heavy atom. The van der Waals surface area contributed by atoms with E-state index >= 15 is 0 Å². The highest BCUT2D eigenvalue weighted by Crippen LogP contribution is 2.33. The molecule has 8 heteroatoms. The van der Waals surface area contributed by atoms with Crippen molar-refractivity contribution in [3.05, 3.63) is 73.2 Å². The van der Waals surface area contributed by atoms with Crippen LogP contribution in [0.25, 0.3) is 22.4 Å². The summed E-state index contributed by atoms with van der Waals surface area (Å²) >= 11 is 18.0. The Bertz CT molecular complexity index is 1140. The van der Waals surface area contributed by atoms with Gasteiger partial charge in [-0.25, -0.2) is 9.78 Å². The highest BCUT2D eigenvalue weighted by Gasteiger charge is 2.25. The molecule has 0 fully saturated rings. The maximum Gasteiger partial charge on any atom is 0.341 e. The number of benzene rings is 1. The summed E-state index contributed by atoms with van der Waals surface area (Å²) < 4.78 is 1.77. The number of pyridine rings is 2. The van der Waals surface area contributed by atoms with E-state index in [1.807, 2.05) is 6.92 Å². The van der Waals surface area contributed by atoms with Gasteiger partial charge in [0.25, 0.3) is 0 Å². The van der Waals surface area contributed by atoms with Gasteiger partial charge in [-0.3, -0.25) is 4.79 Å². The third kappa shape index (κ3) is 3.53. The van der Waals surface area contributed by atoms with Crippen molar-refractivity contribution in [2.45, 2.75) is 20.4 Å². The maximum absolute atomic E-state index is 13.2. The van der Waals surface area contributed by atoms with Crippen LogP contribution in [-0.4, -0.2) is 20.6 Å². The zero-order valence-electron chi connectivity index (χ0n) is 15.0. The fourth-order valence-corrected chi connectivity index (χ4v) is 3.65. The summed E-state index contributed by atoms with van der Waals surface area (Å²) in [6, 6.07) is 7.97. The van der Waals surface area contributed by atoms with Crippen molar-refractivity contribution in [2.75, 3.05) is 0 Å². The van der Waals surface area contributed by atoms with Gasteiger partial charge in [0.15, 0.2) is 0 Å². The van der Waals surface area contributed by atoms with Crippen molar-refractivity contribution in [2.24, 2.45) is 0 Å². The first-order valence-electron chi connectivity index (χ1n) is 8.34. The SMILES string of the molecule is CCn1c(C)c(-c2ccc(Cl)nc2)c(=O)c(C(=O)O)c1-c1ccc(Cl)c(Cl)c1. The van der Waals surface area contributed by atoms with Gasteiger partial charge in [0.1, 0.15) is 10.7 Å². The van der Waals surface area contributed by atoms with Crippen LogP contribution in [0.3, 0.4) is 0 Å². The quantitative estimate of drug-likeness (QED) is 0.542. The number of rotatable bonds is 4. The molecule has 0 aliphatic heterocycles. The molecular weight excluding hydrogens is 423 g/mol. The van der Waals surface area contributed by atoms with E-state index in [0.717, 1.165) is 0 Å².